The molecule has 1 heterocycles. The summed E-state index contributed by atoms with van der Waals surface area (Å²) in [6.45, 7) is 1.56. The van der Waals surface area contributed by atoms with Crippen molar-refractivity contribution in [2.24, 2.45) is 0 Å². The van der Waals surface area contributed by atoms with Crippen LogP contribution >= 0.6 is 15.9 Å². The Balaban J connectivity index is 2.69. The summed E-state index contributed by atoms with van der Waals surface area (Å²) >= 11 is 3.26. The molecule has 0 aliphatic carbocycles. The molecule has 70 valence electrons. The Morgan fingerprint density at radius 1 is 1.77 bits per heavy atom. The third-order valence-electron chi connectivity index (χ3n) is 1.46. The summed E-state index contributed by atoms with van der Waals surface area (Å²) in [6, 6.07) is 2.86. The SMILES string of the molecule is CC(Nc1cc(Br)ccn1)C(=O)O. The Morgan fingerprint density at radius 3 is 3.00 bits per heavy atom. The maximum atomic E-state index is 10.5. The second-order valence-corrected chi connectivity index (χ2v) is 3.48. The molecule has 4 nitrogen and oxygen atoms in total. The molecule has 2 N–H and O–H groups in total. The highest BCUT2D eigenvalue weighted by Crippen LogP contribution is 2.13. The molecule has 13 heavy (non-hydrogen) atoms. The molecule has 1 aromatic rings. The minimum Gasteiger partial charge on any atom is -0.480 e. The summed E-state index contributed by atoms with van der Waals surface area (Å²) in [4.78, 5) is 14.4. The number of halogens is 1. The standard InChI is InChI=1S/C8H9BrN2O2/c1-5(8(12)13)11-7-4-6(9)2-3-10-7/h2-5H,1H3,(H,10,11)(H,12,13). The van der Waals surface area contributed by atoms with E-state index < -0.39 is 12.0 Å². The number of carbonyl (C=O) groups is 1. The fourth-order valence-corrected chi connectivity index (χ4v) is 1.10. The molecule has 0 spiro atoms. The highest BCUT2D eigenvalue weighted by molar-refractivity contribution is 9.10. The van der Waals surface area contributed by atoms with Crippen LogP contribution in [0.4, 0.5) is 5.82 Å². The number of rotatable bonds is 3. The lowest BCUT2D eigenvalue weighted by Crippen LogP contribution is -2.25. The number of nitrogens with zero attached hydrogens (tertiary/aromatic N) is 1. The predicted octanol–water partition coefficient (Wildman–Crippen LogP) is 1.73. The van der Waals surface area contributed by atoms with Gasteiger partial charge in [0.2, 0.25) is 0 Å². The van der Waals surface area contributed by atoms with Gasteiger partial charge in [0.1, 0.15) is 11.9 Å². The van der Waals surface area contributed by atoms with Crippen molar-refractivity contribution in [2.75, 3.05) is 5.32 Å². The molecule has 1 atom stereocenters. The van der Waals surface area contributed by atoms with Gasteiger partial charge in [-0.2, -0.15) is 0 Å². The zero-order valence-electron chi connectivity index (χ0n) is 6.99. The highest BCUT2D eigenvalue weighted by atomic mass is 79.9. The maximum Gasteiger partial charge on any atom is 0.325 e. The molecule has 0 saturated carbocycles. The Bertz CT molecular complexity index is 317. The third-order valence-corrected chi connectivity index (χ3v) is 1.95. The summed E-state index contributed by atoms with van der Waals surface area (Å²) in [5.41, 5.74) is 0. The van der Waals surface area contributed by atoms with E-state index in [1.165, 1.54) is 0 Å². The Hall–Kier alpha value is -1.10. The molecule has 0 aliphatic heterocycles. The van der Waals surface area contributed by atoms with Gasteiger partial charge in [-0.3, -0.25) is 4.79 Å². The summed E-state index contributed by atoms with van der Waals surface area (Å²) in [6.07, 6.45) is 1.60. The first-order valence-electron chi connectivity index (χ1n) is 3.70. The number of aliphatic carboxylic acids is 1. The fraction of sp³-hybridized carbons (Fsp3) is 0.250. The van der Waals surface area contributed by atoms with E-state index >= 15 is 0 Å². The Kier molecular flexibility index (Phi) is 3.25. The molecule has 1 aromatic heterocycles. The molecule has 1 rings (SSSR count). The van der Waals surface area contributed by atoms with E-state index in [0.29, 0.717) is 5.82 Å². The maximum absolute atomic E-state index is 10.5. The molecule has 5 heteroatoms. The fourth-order valence-electron chi connectivity index (χ4n) is 0.767. The van der Waals surface area contributed by atoms with Gasteiger partial charge in [-0.25, -0.2) is 4.98 Å². The van der Waals surface area contributed by atoms with Gasteiger partial charge in [0, 0.05) is 10.7 Å². The van der Waals surface area contributed by atoms with E-state index in [4.69, 9.17) is 5.11 Å². The quantitative estimate of drug-likeness (QED) is 0.851. The van der Waals surface area contributed by atoms with Crippen molar-refractivity contribution >= 4 is 27.7 Å². The lowest BCUT2D eigenvalue weighted by molar-refractivity contribution is -0.137. The van der Waals surface area contributed by atoms with Gasteiger partial charge in [-0.05, 0) is 19.1 Å². The van der Waals surface area contributed by atoms with Crippen molar-refractivity contribution in [3.05, 3.63) is 22.8 Å². The summed E-state index contributed by atoms with van der Waals surface area (Å²) in [7, 11) is 0. The van der Waals surface area contributed by atoms with Crippen molar-refractivity contribution < 1.29 is 9.90 Å². The number of carboxylic acids is 1. The molecule has 1 unspecified atom stereocenters. The third kappa shape index (κ3) is 3.02. The topological polar surface area (TPSA) is 62.2 Å². The smallest absolute Gasteiger partial charge is 0.325 e. The molecule has 0 radical (unpaired) electrons. The largest absolute Gasteiger partial charge is 0.480 e. The highest BCUT2D eigenvalue weighted by Gasteiger charge is 2.10. The Morgan fingerprint density at radius 2 is 2.46 bits per heavy atom. The van der Waals surface area contributed by atoms with Gasteiger partial charge >= 0.3 is 5.97 Å². The van der Waals surface area contributed by atoms with Crippen LogP contribution in [-0.4, -0.2) is 22.1 Å². The molecule has 0 bridgehead atoms. The normalized spacial score (nSPS) is 12.2. The average Bonchev–Trinajstić information content (AvgIpc) is 2.04. The number of pyridine rings is 1. The van der Waals surface area contributed by atoms with Crippen molar-refractivity contribution in [3.63, 3.8) is 0 Å². The molecule has 0 aromatic carbocycles. The number of anilines is 1. The van der Waals surface area contributed by atoms with Crippen LogP contribution in [0.3, 0.4) is 0 Å². The molecule has 0 amide bonds. The molecule has 0 saturated heterocycles. The van der Waals surface area contributed by atoms with Gasteiger partial charge in [0.15, 0.2) is 0 Å². The van der Waals surface area contributed by atoms with Gasteiger partial charge in [-0.1, -0.05) is 15.9 Å². The summed E-state index contributed by atoms with van der Waals surface area (Å²) < 4.78 is 0.864. The minimum absolute atomic E-state index is 0.546. The van der Waals surface area contributed by atoms with Crippen LogP contribution in [0.2, 0.25) is 0 Å². The number of carboxylic acid groups (broad SMARTS) is 1. The average molecular weight is 245 g/mol. The second kappa shape index (κ2) is 4.23. The van der Waals surface area contributed by atoms with Crippen LogP contribution < -0.4 is 5.32 Å². The number of hydrogen-bond donors (Lipinski definition) is 2. The zero-order chi connectivity index (χ0) is 9.84. The number of aromatic nitrogens is 1. The molecular weight excluding hydrogens is 236 g/mol. The number of hydrogen-bond acceptors (Lipinski definition) is 3. The van der Waals surface area contributed by atoms with Crippen molar-refractivity contribution in [2.45, 2.75) is 13.0 Å². The number of nitrogens with one attached hydrogen (secondary N) is 1. The van der Waals surface area contributed by atoms with E-state index in [-0.39, 0.29) is 0 Å². The molecule has 0 fully saturated rings. The van der Waals surface area contributed by atoms with Gasteiger partial charge in [-0.15, -0.1) is 0 Å². The lowest BCUT2D eigenvalue weighted by Gasteiger charge is -2.09. The monoisotopic (exact) mass is 244 g/mol. The van der Waals surface area contributed by atoms with Crippen molar-refractivity contribution in [1.82, 2.24) is 4.98 Å². The van der Waals surface area contributed by atoms with Crippen molar-refractivity contribution in [1.29, 1.82) is 0 Å². The van der Waals surface area contributed by atoms with Gasteiger partial charge < -0.3 is 10.4 Å². The predicted molar refractivity (Wildman–Crippen MR) is 52.7 cm³/mol. The van der Waals surface area contributed by atoms with E-state index in [0.717, 1.165) is 4.47 Å². The van der Waals surface area contributed by atoms with Gasteiger partial charge in [0.25, 0.3) is 0 Å². The van der Waals surface area contributed by atoms with E-state index in [1.807, 2.05) is 0 Å². The van der Waals surface area contributed by atoms with Crippen LogP contribution in [0.15, 0.2) is 22.8 Å². The lowest BCUT2D eigenvalue weighted by atomic mass is 10.3. The molecule has 0 aliphatic rings. The van der Waals surface area contributed by atoms with Crippen LogP contribution in [0.25, 0.3) is 0 Å². The van der Waals surface area contributed by atoms with Crippen LogP contribution in [-0.2, 0) is 4.79 Å². The van der Waals surface area contributed by atoms with Crippen LogP contribution in [0.1, 0.15) is 6.92 Å². The van der Waals surface area contributed by atoms with Crippen LogP contribution in [0, 0.1) is 0 Å². The van der Waals surface area contributed by atoms with E-state index in [9.17, 15) is 4.79 Å². The zero-order valence-corrected chi connectivity index (χ0v) is 8.58. The molecular formula is C8H9BrN2O2. The van der Waals surface area contributed by atoms with E-state index in [2.05, 4.69) is 26.2 Å². The van der Waals surface area contributed by atoms with Crippen LogP contribution in [0.5, 0.6) is 0 Å². The minimum atomic E-state index is -0.901. The first kappa shape index (κ1) is 9.98. The van der Waals surface area contributed by atoms with Gasteiger partial charge in [0.05, 0.1) is 0 Å². The Labute approximate surface area is 84.1 Å². The summed E-state index contributed by atoms with van der Waals surface area (Å²) in [5, 5.41) is 11.4. The van der Waals surface area contributed by atoms with E-state index in [1.54, 1.807) is 25.3 Å². The van der Waals surface area contributed by atoms with Crippen molar-refractivity contribution in [3.8, 4) is 0 Å². The summed E-state index contributed by atoms with van der Waals surface area (Å²) in [5.74, 6) is -0.356. The first-order chi connectivity index (χ1) is 6.09. The first-order valence-corrected chi connectivity index (χ1v) is 4.50. The second-order valence-electron chi connectivity index (χ2n) is 2.56.